The molecule has 1 aliphatic heterocycles. The predicted octanol–water partition coefficient (Wildman–Crippen LogP) is 5.94. The number of hydrogen-bond acceptors (Lipinski definition) is 4. The van der Waals surface area contributed by atoms with Gasteiger partial charge in [-0.1, -0.05) is 35.9 Å². The largest absolute Gasteiger partial charge is 0.390 e. The van der Waals surface area contributed by atoms with Crippen LogP contribution in [0.25, 0.3) is 33.4 Å². The molecule has 1 fully saturated rings. The van der Waals surface area contributed by atoms with Gasteiger partial charge < -0.3 is 14.6 Å². The zero-order chi connectivity index (χ0) is 23.2. The molecule has 5 nitrogen and oxygen atoms in total. The standard InChI is InChI=1S/C27H29ClN4O/c1-27(2,33)21-12-14-32(15-13-21)26-30-24-16-19(7-11-25(24)31(26)3)23-10-6-20(17-29-23)18-4-8-22(28)9-5-18/h4-11,16-17,21,33H,12-15H2,1-3H3. The molecule has 2 aromatic heterocycles. The van der Waals surface area contributed by atoms with Gasteiger partial charge in [0.1, 0.15) is 0 Å². The number of fused-ring (bicyclic) bond motifs is 1. The highest BCUT2D eigenvalue weighted by Gasteiger charge is 2.31. The molecule has 0 unspecified atom stereocenters. The van der Waals surface area contributed by atoms with E-state index in [-0.39, 0.29) is 0 Å². The lowest BCUT2D eigenvalue weighted by molar-refractivity contribution is 0.00637. The summed E-state index contributed by atoms with van der Waals surface area (Å²) in [7, 11) is 2.07. The van der Waals surface area contributed by atoms with Gasteiger partial charge in [0.15, 0.2) is 0 Å². The number of hydrogen-bond donors (Lipinski definition) is 1. The molecule has 0 spiro atoms. The summed E-state index contributed by atoms with van der Waals surface area (Å²) in [6.07, 6.45) is 3.85. The van der Waals surface area contributed by atoms with Crippen LogP contribution in [0.3, 0.4) is 0 Å². The highest BCUT2D eigenvalue weighted by atomic mass is 35.5. The molecule has 170 valence electrons. The van der Waals surface area contributed by atoms with Gasteiger partial charge in [-0.15, -0.1) is 0 Å². The minimum atomic E-state index is -0.622. The first kappa shape index (κ1) is 21.9. The molecule has 1 N–H and O–H groups in total. The molecule has 1 saturated heterocycles. The van der Waals surface area contributed by atoms with E-state index in [2.05, 4.69) is 46.8 Å². The van der Waals surface area contributed by atoms with Gasteiger partial charge in [-0.25, -0.2) is 4.98 Å². The normalized spacial score (nSPS) is 15.4. The Kier molecular flexibility index (Phi) is 5.63. The molecule has 4 aromatic rings. The molecule has 0 bridgehead atoms. The van der Waals surface area contributed by atoms with Crippen molar-refractivity contribution in [2.45, 2.75) is 32.3 Å². The minimum absolute atomic E-state index is 0.331. The number of halogens is 1. The first-order valence-corrected chi connectivity index (χ1v) is 11.8. The number of benzene rings is 2. The Morgan fingerprint density at radius 3 is 2.24 bits per heavy atom. The van der Waals surface area contributed by atoms with E-state index in [1.54, 1.807) is 0 Å². The molecule has 0 aliphatic carbocycles. The molecule has 3 heterocycles. The zero-order valence-electron chi connectivity index (χ0n) is 19.3. The van der Waals surface area contributed by atoms with Gasteiger partial charge in [0.25, 0.3) is 0 Å². The van der Waals surface area contributed by atoms with Gasteiger partial charge in [-0.05, 0) is 68.5 Å². The number of anilines is 1. The van der Waals surface area contributed by atoms with Crippen molar-refractivity contribution in [3.63, 3.8) is 0 Å². The SMILES string of the molecule is Cn1c(N2CCC(C(C)(C)O)CC2)nc2cc(-c3ccc(-c4ccc(Cl)cc4)cn3)ccc21. The lowest BCUT2D eigenvalue weighted by Gasteiger charge is -2.38. The van der Waals surface area contributed by atoms with Crippen molar-refractivity contribution in [1.82, 2.24) is 14.5 Å². The van der Waals surface area contributed by atoms with Gasteiger partial charge in [0, 0.05) is 42.5 Å². The Labute approximate surface area is 199 Å². The van der Waals surface area contributed by atoms with Crippen LogP contribution in [0, 0.1) is 5.92 Å². The zero-order valence-corrected chi connectivity index (χ0v) is 20.0. The van der Waals surface area contributed by atoms with E-state index < -0.39 is 5.60 Å². The molecule has 0 radical (unpaired) electrons. The van der Waals surface area contributed by atoms with Crippen molar-refractivity contribution >= 4 is 28.6 Å². The van der Waals surface area contributed by atoms with Crippen molar-refractivity contribution in [3.8, 4) is 22.4 Å². The van der Waals surface area contributed by atoms with E-state index in [4.69, 9.17) is 21.6 Å². The smallest absolute Gasteiger partial charge is 0.206 e. The molecule has 1 aliphatic rings. The van der Waals surface area contributed by atoms with E-state index >= 15 is 0 Å². The second kappa shape index (κ2) is 8.47. The third-order valence-corrected chi connectivity index (χ3v) is 7.12. The summed E-state index contributed by atoms with van der Waals surface area (Å²) >= 11 is 6.00. The molecule has 5 rings (SSSR count). The third-order valence-electron chi connectivity index (χ3n) is 6.87. The summed E-state index contributed by atoms with van der Waals surface area (Å²) in [4.78, 5) is 12.0. The quantitative estimate of drug-likeness (QED) is 0.409. The Hall–Kier alpha value is -2.89. The Morgan fingerprint density at radius 2 is 1.61 bits per heavy atom. The number of aliphatic hydroxyl groups is 1. The van der Waals surface area contributed by atoms with Crippen LogP contribution in [0.5, 0.6) is 0 Å². The fourth-order valence-corrected chi connectivity index (χ4v) is 4.92. The van der Waals surface area contributed by atoms with Crippen LogP contribution < -0.4 is 4.90 Å². The maximum absolute atomic E-state index is 10.3. The monoisotopic (exact) mass is 460 g/mol. The predicted molar refractivity (Wildman–Crippen MR) is 136 cm³/mol. The van der Waals surface area contributed by atoms with Gasteiger partial charge in [0.2, 0.25) is 5.95 Å². The summed E-state index contributed by atoms with van der Waals surface area (Å²) in [6.45, 7) is 5.65. The van der Waals surface area contributed by atoms with E-state index in [1.165, 1.54) is 0 Å². The first-order chi connectivity index (χ1) is 15.8. The number of nitrogens with zero attached hydrogens (tertiary/aromatic N) is 4. The summed E-state index contributed by atoms with van der Waals surface area (Å²) in [6, 6.07) is 18.3. The van der Waals surface area contributed by atoms with Gasteiger partial charge in [-0.2, -0.15) is 0 Å². The average molecular weight is 461 g/mol. The number of aromatic nitrogens is 3. The Balaban J connectivity index is 1.38. The molecular weight excluding hydrogens is 432 g/mol. The topological polar surface area (TPSA) is 54.2 Å². The van der Waals surface area contributed by atoms with Gasteiger partial charge >= 0.3 is 0 Å². The highest BCUT2D eigenvalue weighted by molar-refractivity contribution is 6.30. The van der Waals surface area contributed by atoms with Crippen LogP contribution in [0.15, 0.2) is 60.8 Å². The van der Waals surface area contributed by atoms with Crippen LogP contribution in [-0.4, -0.2) is 38.3 Å². The van der Waals surface area contributed by atoms with Crippen molar-refractivity contribution in [2.24, 2.45) is 13.0 Å². The number of pyridine rings is 1. The number of aryl methyl sites for hydroxylation is 1. The first-order valence-electron chi connectivity index (χ1n) is 11.5. The van der Waals surface area contributed by atoms with E-state index in [1.807, 2.05) is 44.3 Å². The Bertz CT molecular complexity index is 1260. The molecule has 0 saturated carbocycles. The van der Waals surface area contributed by atoms with Crippen LogP contribution >= 0.6 is 11.6 Å². The van der Waals surface area contributed by atoms with Gasteiger partial charge in [0.05, 0.1) is 22.3 Å². The lowest BCUT2D eigenvalue weighted by atomic mass is 9.83. The maximum Gasteiger partial charge on any atom is 0.206 e. The van der Waals surface area contributed by atoms with Crippen molar-refractivity contribution in [3.05, 3.63) is 65.8 Å². The maximum atomic E-state index is 10.3. The minimum Gasteiger partial charge on any atom is -0.390 e. The van der Waals surface area contributed by atoms with Crippen molar-refractivity contribution in [1.29, 1.82) is 0 Å². The number of imidazole rings is 1. The summed E-state index contributed by atoms with van der Waals surface area (Å²) < 4.78 is 2.17. The lowest BCUT2D eigenvalue weighted by Crippen LogP contribution is -2.42. The van der Waals surface area contributed by atoms with Crippen molar-refractivity contribution < 1.29 is 5.11 Å². The van der Waals surface area contributed by atoms with E-state index in [0.29, 0.717) is 5.92 Å². The van der Waals surface area contributed by atoms with Gasteiger partial charge in [-0.3, -0.25) is 4.98 Å². The van der Waals surface area contributed by atoms with Crippen LogP contribution in [0.2, 0.25) is 5.02 Å². The van der Waals surface area contributed by atoms with Crippen LogP contribution in [0.4, 0.5) is 5.95 Å². The second-order valence-corrected chi connectivity index (χ2v) is 9.96. The van der Waals surface area contributed by atoms with Crippen molar-refractivity contribution in [2.75, 3.05) is 18.0 Å². The number of rotatable bonds is 4. The fraction of sp³-hybridized carbons (Fsp3) is 0.333. The number of piperidine rings is 1. The van der Waals surface area contributed by atoms with E-state index in [0.717, 1.165) is 70.3 Å². The molecular formula is C27H29ClN4O. The highest BCUT2D eigenvalue weighted by Crippen LogP contribution is 2.32. The van der Waals surface area contributed by atoms with Crippen LogP contribution in [-0.2, 0) is 7.05 Å². The third kappa shape index (κ3) is 4.35. The Morgan fingerprint density at radius 1 is 0.939 bits per heavy atom. The molecule has 0 amide bonds. The summed E-state index contributed by atoms with van der Waals surface area (Å²) in [5.74, 6) is 1.32. The molecule has 2 aromatic carbocycles. The summed E-state index contributed by atoms with van der Waals surface area (Å²) in [5, 5.41) is 11.1. The molecule has 6 heteroatoms. The molecule has 33 heavy (non-hydrogen) atoms. The molecule has 0 atom stereocenters. The van der Waals surface area contributed by atoms with E-state index in [9.17, 15) is 5.11 Å². The summed E-state index contributed by atoms with van der Waals surface area (Å²) in [5.41, 5.74) is 5.59. The second-order valence-electron chi connectivity index (χ2n) is 9.53. The average Bonchev–Trinajstić information content (AvgIpc) is 3.15. The fourth-order valence-electron chi connectivity index (χ4n) is 4.79. The van der Waals surface area contributed by atoms with Crippen LogP contribution in [0.1, 0.15) is 26.7 Å².